The molecule has 0 spiro atoms. The molecule has 5 heteroatoms. The standard InChI is InChI=1S/C15H18N2O2S/c1-3-12-13(15(18)19-4-2)20-14(17-12)11-7-5-10(9-16)6-8-11/h5-8H,3-4,9,16H2,1-2H3. The van der Waals surface area contributed by atoms with Gasteiger partial charge in [-0.25, -0.2) is 9.78 Å². The van der Waals surface area contributed by atoms with Gasteiger partial charge >= 0.3 is 5.97 Å². The van der Waals surface area contributed by atoms with Gasteiger partial charge in [0, 0.05) is 12.1 Å². The van der Waals surface area contributed by atoms with E-state index >= 15 is 0 Å². The predicted octanol–water partition coefficient (Wildman–Crippen LogP) is 3.01. The molecule has 0 fully saturated rings. The molecule has 0 bridgehead atoms. The maximum atomic E-state index is 11.9. The van der Waals surface area contributed by atoms with Gasteiger partial charge in [-0.15, -0.1) is 11.3 Å². The van der Waals surface area contributed by atoms with Gasteiger partial charge in [0.25, 0.3) is 0 Å². The second-order valence-corrected chi connectivity index (χ2v) is 5.27. The van der Waals surface area contributed by atoms with Gasteiger partial charge in [0.15, 0.2) is 0 Å². The molecule has 0 radical (unpaired) electrons. The van der Waals surface area contributed by atoms with Crippen LogP contribution < -0.4 is 5.73 Å². The molecule has 0 saturated heterocycles. The Morgan fingerprint density at radius 3 is 2.55 bits per heavy atom. The molecule has 106 valence electrons. The zero-order valence-corrected chi connectivity index (χ0v) is 12.5. The molecule has 0 aliphatic heterocycles. The van der Waals surface area contributed by atoms with E-state index in [4.69, 9.17) is 10.5 Å². The summed E-state index contributed by atoms with van der Waals surface area (Å²) in [6, 6.07) is 7.92. The van der Waals surface area contributed by atoms with Crippen LogP contribution in [0.4, 0.5) is 0 Å². The van der Waals surface area contributed by atoms with Crippen LogP contribution in [-0.2, 0) is 17.7 Å². The number of aromatic nitrogens is 1. The van der Waals surface area contributed by atoms with Crippen molar-refractivity contribution in [3.63, 3.8) is 0 Å². The molecule has 0 saturated carbocycles. The summed E-state index contributed by atoms with van der Waals surface area (Å²) in [4.78, 5) is 17.0. The predicted molar refractivity (Wildman–Crippen MR) is 80.8 cm³/mol. The van der Waals surface area contributed by atoms with Crippen LogP contribution >= 0.6 is 11.3 Å². The summed E-state index contributed by atoms with van der Waals surface area (Å²) in [5.74, 6) is -0.285. The molecule has 4 nitrogen and oxygen atoms in total. The maximum absolute atomic E-state index is 11.9. The minimum absolute atomic E-state index is 0.285. The monoisotopic (exact) mass is 290 g/mol. The first-order chi connectivity index (χ1) is 9.69. The van der Waals surface area contributed by atoms with E-state index < -0.39 is 0 Å². The smallest absolute Gasteiger partial charge is 0.350 e. The van der Waals surface area contributed by atoms with Crippen LogP contribution in [0.1, 0.15) is 34.8 Å². The summed E-state index contributed by atoms with van der Waals surface area (Å²) in [5, 5.41) is 0.841. The number of carbonyl (C=O) groups is 1. The number of nitrogens with two attached hydrogens (primary N) is 1. The molecule has 1 aromatic carbocycles. The zero-order chi connectivity index (χ0) is 14.5. The van der Waals surface area contributed by atoms with Crippen LogP contribution in [0.25, 0.3) is 10.6 Å². The number of carbonyl (C=O) groups excluding carboxylic acids is 1. The average molecular weight is 290 g/mol. The third-order valence-corrected chi connectivity index (χ3v) is 4.06. The van der Waals surface area contributed by atoms with E-state index in [2.05, 4.69) is 4.98 Å². The summed E-state index contributed by atoms with van der Waals surface area (Å²) in [7, 11) is 0. The van der Waals surface area contributed by atoms with Crippen LogP contribution in [0, 0.1) is 0 Å². The zero-order valence-electron chi connectivity index (χ0n) is 11.7. The van der Waals surface area contributed by atoms with Gasteiger partial charge in [-0.3, -0.25) is 0 Å². The molecule has 20 heavy (non-hydrogen) atoms. The lowest BCUT2D eigenvalue weighted by molar-refractivity contribution is 0.0530. The minimum atomic E-state index is -0.285. The summed E-state index contributed by atoms with van der Waals surface area (Å²) in [6.45, 7) is 4.68. The molecule has 1 heterocycles. The van der Waals surface area contributed by atoms with Crippen LogP contribution in [0.5, 0.6) is 0 Å². The molecule has 2 aromatic rings. The molecule has 0 amide bonds. The Labute approximate surface area is 122 Å². The van der Waals surface area contributed by atoms with E-state index in [-0.39, 0.29) is 5.97 Å². The van der Waals surface area contributed by atoms with E-state index in [1.807, 2.05) is 31.2 Å². The highest BCUT2D eigenvalue weighted by atomic mass is 32.1. The van der Waals surface area contributed by atoms with E-state index in [0.717, 1.165) is 21.8 Å². The first-order valence-corrected chi connectivity index (χ1v) is 7.47. The SMILES string of the molecule is CCOC(=O)c1sc(-c2ccc(CN)cc2)nc1CC. The normalized spacial score (nSPS) is 10.6. The first kappa shape index (κ1) is 14.7. The molecule has 2 rings (SSSR count). The lowest BCUT2D eigenvalue weighted by Gasteiger charge is -1.99. The fourth-order valence-corrected chi connectivity index (χ4v) is 2.91. The van der Waals surface area contributed by atoms with Crippen molar-refractivity contribution in [1.29, 1.82) is 0 Å². The molecular formula is C15H18N2O2S. The quantitative estimate of drug-likeness (QED) is 0.860. The second-order valence-electron chi connectivity index (χ2n) is 4.27. The number of esters is 1. The third-order valence-electron chi connectivity index (χ3n) is 2.93. The van der Waals surface area contributed by atoms with E-state index in [1.165, 1.54) is 11.3 Å². The Morgan fingerprint density at radius 1 is 1.30 bits per heavy atom. The highest BCUT2D eigenvalue weighted by Gasteiger charge is 2.18. The first-order valence-electron chi connectivity index (χ1n) is 6.65. The molecule has 2 N–H and O–H groups in total. The molecule has 0 aliphatic carbocycles. The summed E-state index contributed by atoms with van der Waals surface area (Å²) in [5.41, 5.74) is 8.46. The topological polar surface area (TPSA) is 65.2 Å². The third kappa shape index (κ3) is 3.05. The van der Waals surface area contributed by atoms with Crippen molar-refractivity contribution in [2.24, 2.45) is 5.73 Å². The summed E-state index contributed by atoms with van der Waals surface area (Å²) < 4.78 is 5.07. The number of rotatable bonds is 5. The van der Waals surface area contributed by atoms with Gasteiger partial charge in [0.05, 0.1) is 12.3 Å². The summed E-state index contributed by atoms with van der Waals surface area (Å²) >= 11 is 1.38. The van der Waals surface area contributed by atoms with Crippen molar-refractivity contribution < 1.29 is 9.53 Å². The average Bonchev–Trinajstić information content (AvgIpc) is 2.92. The number of aryl methyl sites for hydroxylation is 1. The van der Waals surface area contributed by atoms with Gasteiger partial charge in [-0.05, 0) is 18.9 Å². The Balaban J connectivity index is 2.34. The van der Waals surface area contributed by atoms with Gasteiger partial charge in [0.2, 0.25) is 0 Å². The van der Waals surface area contributed by atoms with Crippen LogP contribution in [0.3, 0.4) is 0 Å². The number of thiazole rings is 1. The van der Waals surface area contributed by atoms with Crippen LogP contribution in [-0.4, -0.2) is 17.6 Å². The number of hydrogen-bond acceptors (Lipinski definition) is 5. The lowest BCUT2D eigenvalue weighted by Crippen LogP contribution is -2.05. The minimum Gasteiger partial charge on any atom is -0.462 e. The second kappa shape index (κ2) is 6.63. The fourth-order valence-electron chi connectivity index (χ4n) is 1.85. The number of hydrogen-bond donors (Lipinski definition) is 1. The van der Waals surface area contributed by atoms with Crippen LogP contribution in [0.15, 0.2) is 24.3 Å². The number of nitrogens with zero attached hydrogens (tertiary/aromatic N) is 1. The molecule has 1 aromatic heterocycles. The van der Waals surface area contributed by atoms with Crippen molar-refractivity contribution in [1.82, 2.24) is 4.98 Å². The molecular weight excluding hydrogens is 272 g/mol. The van der Waals surface area contributed by atoms with E-state index in [9.17, 15) is 4.79 Å². The van der Waals surface area contributed by atoms with Gasteiger partial charge in [-0.1, -0.05) is 31.2 Å². The number of benzene rings is 1. The lowest BCUT2D eigenvalue weighted by atomic mass is 10.1. The number of ether oxygens (including phenoxy) is 1. The van der Waals surface area contributed by atoms with Gasteiger partial charge in [0.1, 0.15) is 9.88 Å². The Bertz CT molecular complexity index is 590. The largest absolute Gasteiger partial charge is 0.462 e. The van der Waals surface area contributed by atoms with Crippen LogP contribution in [0.2, 0.25) is 0 Å². The fraction of sp³-hybridized carbons (Fsp3) is 0.333. The van der Waals surface area contributed by atoms with E-state index in [0.29, 0.717) is 24.4 Å². The Kier molecular flexibility index (Phi) is 4.87. The molecule has 0 unspecified atom stereocenters. The summed E-state index contributed by atoms with van der Waals surface area (Å²) in [6.07, 6.45) is 0.714. The maximum Gasteiger partial charge on any atom is 0.350 e. The molecule has 0 aliphatic rings. The Hall–Kier alpha value is -1.72. The van der Waals surface area contributed by atoms with Crippen molar-refractivity contribution in [3.8, 4) is 10.6 Å². The van der Waals surface area contributed by atoms with Gasteiger partial charge < -0.3 is 10.5 Å². The van der Waals surface area contributed by atoms with Gasteiger partial charge in [-0.2, -0.15) is 0 Å². The van der Waals surface area contributed by atoms with Crippen molar-refractivity contribution in [2.75, 3.05) is 6.61 Å². The van der Waals surface area contributed by atoms with Crippen molar-refractivity contribution in [2.45, 2.75) is 26.8 Å². The van der Waals surface area contributed by atoms with Crippen molar-refractivity contribution >= 4 is 17.3 Å². The van der Waals surface area contributed by atoms with E-state index in [1.54, 1.807) is 6.92 Å². The Morgan fingerprint density at radius 2 is 2.00 bits per heavy atom. The highest BCUT2D eigenvalue weighted by Crippen LogP contribution is 2.29. The van der Waals surface area contributed by atoms with Crippen molar-refractivity contribution in [3.05, 3.63) is 40.4 Å². The molecule has 0 atom stereocenters. The highest BCUT2D eigenvalue weighted by molar-refractivity contribution is 7.17.